The molecular weight excluding hydrogens is 277 g/mol. The standard InChI is InChI=1S/C14H10FN3O3/c1-6-2-3-7(15)4-9(6)18-10(19)5-8-11(12(18)16)14(21)17-13(8)20/h2-5H,16H2,1H3,(H,17,20,21). The monoisotopic (exact) mass is 287 g/mol. The van der Waals surface area contributed by atoms with E-state index in [9.17, 15) is 18.8 Å². The number of fused-ring (bicyclic) bond motifs is 1. The lowest BCUT2D eigenvalue weighted by atomic mass is 10.1. The summed E-state index contributed by atoms with van der Waals surface area (Å²) in [5.41, 5.74) is 5.97. The van der Waals surface area contributed by atoms with Crippen molar-refractivity contribution < 1.29 is 14.0 Å². The molecule has 3 N–H and O–H groups in total. The summed E-state index contributed by atoms with van der Waals surface area (Å²) in [5, 5.41) is 2.07. The Kier molecular flexibility index (Phi) is 2.65. The fourth-order valence-electron chi connectivity index (χ4n) is 2.35. The Bertz CT molecular complexity index is 870. The molecule has 2 heterocycles. The molecule has 0 saturated carbocycles. The number of pyridine rings is 1. The number of aryl methyl sites for hydroxylation is 1. The van der Waals surface area contributed by atoms with Gasteiger partial charge in [0.15, 0.2) is 0 Å². The van der Waals surface area contributed by atoms with Crippen LogP contribution in [-0.2, 0) is 0 Å². The van der Waals surface area contributed by atoms with Gasteiger partial charge in [-0.15, -0.1) is 0 Å². The molecule has 0 atom stereocenters. The van der Waals surface area contributed by atoms with E-state index in [0.29, 0.717) is 5.56 Å². The molecule has 0 aliphatic carbocycles. The first-order valence-corrected chi connectivity index (χ1v) is 6.08. The number of nitrogens with two attached hydrogens (primary N) is 1. The van der Waals surface area contributed by atoms with Crippen LogP contribution in [0.15, 0.2) is 29.1 Å². The predicted octanol–water partition coefficient (Wildman–Crippen LogP) is 0.751. The smallest absolute Gasteiger partial charge is 0.262 e. The summed E-state index contributed by atoms with van der Waals surface area (Å²) in [6, 6.07) is 4.92. The van der Waals surface area contributed by atoms with Crippen LogP contribution in [0, 0.1) is 12.7 Å². The first kappa shape index (κ1) is 13.0. The van der Waals surface area contributed by atoms with Gasteiger partial charge < -0.3 is 5.73 Å². The van der Waals surface area contributed by atoms with Gasteiger partial charge in [0.1, 0.15) is 11.6 Å². The van der Waals surface area contributed by atoms with Crippen molar-refractivity contribution in [2.45, 2.75) is 6.92 Å². The summed E-state index contributed by atoms with van der Waals surface area (Å²) in [5.74, 6) is -2.06. The topological polar surface area (TPSA) is 94.2 Å². The molecule has 6 nitrogen and oxygen atoms in total. The van der Waals surface area contributed by atoms with Crippen molar-refractivity contribution in [3.05, 3.63) is 57.1 Å². The molecule has 21 heavy (non-hydrogen) atoms. The lowest BCUT2D eigenvalue weighted by molar-refractivity contribution is 0.0880. The van der Waals surface area contributed by atoms with Gasteiger partial charge in [0.25, 0.3) is 17.4 Å². The van der Waals surface area contributed by atoms with Crippen LogP contribution in [0.5, 0.6) is 0 Å². The Morgan fingerprint density at radius 1 is 1.14 bits per heavy atom. The zero-order chi connectivity index (χ0) is 15.3. The van der Waals surface area contributed by atoms with E-state index < -0.39 is 23.2 Å². The second-order valence-electron chi connectivity index (χ2n) is 4.71. The van der Waals surface area contributed by atoms with Crippen molar-refractivity contribution in [1.82, 2.24) is 9.88 Å². The number of carbonyl (C=O) groups is 2. The average Bonchev–Trinajstić information content (AvgIpc) is 2.68. The molecule has 2 amide bonds. The first-order chi connectivity index (χ1) is 9.90. The number of imide groups is 1. The number of hydrogen-bond donors (Lipinski definition) is 2. The largest absolute Gasteiger partial charge is 0.384 e. The molecule has 1 aliphatic heterocycles. The number of anilines is 1. The third-order valence-corrected chi connectivity index (χ3v) is 3.37. The maximum absolute atomic E-state index is 13.4. The molecule has 1 aromatic heterocycles. The highest BCUT2D eigenvalue weighted by molar-refractivity contribution is 6.23. The highest BCUT2D eigenvalue weighted by Crippen LogP contribution is 2.24. The van der Waals surface area contributed by atoms with E-state index in [4.69, 9.17) is 5.73 Å². The molecule has 0 fully saturated rings. The normalized spacial score (nSPS) is 13.2. The van der Waals surface area contributed by atoms with Crippen LogP contribution in [0.25, 0.3) is 5.69 Å². The highest BCUT2D eigenvalue weighted by atomic mass is 19.1. The lowest BCUT2D eigenvalue weighted by Gasteiger charge is -2.14. The van der Waals surface area contributed by atoms with Crippen LogP contribution in [0.2, 0.25) is 0 Å². The van der Waals surface area contributed by atoms with E-state index in [0.717, 1.165) is 16.7 Å². The minimum atomic E-state index is -0.671. The number of aromatic nitrogens is 1. The van der Waals surface area contributed by atoms with Gasteiger partial charge in [0, 0.05) is 6.07 Å². The van der Waals surface area contributed by atoms with Gasteiger partial charge in [-0.2, -0.15) is 0 Å². The second-order valence-corrected chi connectivity index (χ2v) is 4.71. The van der Waals surface area contributed by atoms with Crippen LogP contribution in [-0.4, -0.2) is 16.4 Å². The van der Waals surface area contributed by atoms with Crippen LogP contribution in [0.1, 0.15) is 26.3 Å². The van der Waals surface area contributed by atoms with Gasteiger partial charge in [0.05, 0.1) is 16.8 Å². The summed E-state index contributed by atoms with van der Waals surface area (Å²) < 4.78 is 14.4. The van der Waals surface area contributed by atoms with Crippen LogP contribution in [0.4, 0.5) is 10.2 Å². The Hall–Kier alpha value is -2.96. The van der Waals surface area contributed by atoms with Crippen molar-refractivity contribution in [1.29, 1.82) is 0 Å². The summed E-state index contributed by atoms with van der Waals surface area (Å²) >= 11 is 0. The van der Waals surface area contributed by atoms with Crippen molar-refractivity contribution in [2.24, 2.45) is 0 Å². The number of amides is 2. The van der Waals surface area contributed by atoms with Gasteiger partial charge in [-0.3, -0.25) is 24.3 Å². The van der Waals surface area contributed by atoms with Gasteiger partial charge in [-0.25, -0.2) is 4.39 Å². The zero-order valence-electron chi connectivity index (χ0n) is 10.9. The molecular formula is C14H10FN3O3. The van der Waals surface area contributed by atoms with Gasteiger partial charge in [-0.1, -0.05) is 6.07 Å². The molecule has 2 aromatic rings. The Morgan fingerprint density at radius 3 is 2.57 bits per heavy atom. The Labute approximate surface area is 118 Å². The van der Waals surface area contributed by atoms with Crippen molar-refractivity contribution in [3.8, 4) is 5.69 Å². The molecule has 0 radical (unpaired) electrons. The van der Waals surface area contributed by atoms with Crippen LogP contribution in [0.3, 0.4) is 0 Å². The van der Waals surface area contributed by atoms with Gasteiger partial charge in [0.2, 0.25) is 0 Å². The zero-order valence-corrected chi connectivity index (χ0v) is 10.9. The summed E-state index contributed by atoms with van der Waals surface area (Å²) in [6.45, 7) is 1.68. The number of nitrogens with zero attached hydrogens (tertiary/aromatic N) is 1. The fourth-order valence-corrected chi connectivity index (χ4v) is 2.35. The van der Waals surface area contributed by atoms with Crippen molar-refractivity contribution in [2.75, 3.05) is 5.73 Å². The first-order valence-electron chi connectivity index (χ1n) is 6.08. The molecule has 7 heteroatoms. The summed E-state index contributed by atoms with van der Waals surface area (Å²) in [6.07, 6.45) is 0. The molecule has 0 spiro atoms. The maximum Gasteiger partial charge on any atom is 0.262 e. The fraction of sp³-hybridized carbons (Fsp3) is 0.0714. The van der Waals surface area contributed by atoms with Gasteiger partial charge >= 0.3 is 0 Å². The number of nitrogens with one attached hydrogen (secondary N) is 1. The van der Waals surface area contributed by atoms with E-state index in [-0.39, 0.29) is 22.6 Å². The van der Waals surface area contributed by atoms with Gasteiger partial charge in [-0.05, 0) is 24.6 Å². The number of halogens is 1. The molecule has 1 aromatic carbocycles. The van der Waals surface area contributed by atoms with Crippen molar-refractivity contribution in [3.63, 3.8) is 0 Å². The highest BCUT2D eigenvalue weighted by Gasteiger charge is 2.32. The van der Waals surface area contributed by atoms with E-state index in [1.54, 1.807) is 6.92 Å². The molecule has 0 bridgehead atoms. The van der Waals surface area contributed by atoms with E-state index in [1.165, 1.54) is 12.1 Å². The van der Waals surface area contributed by atoms with E-state index in [1.807, 2.05) is 0 Å². The number of benzene rings is 1. The number of rotatable bonds is 1. The molecule has 3 rings (SSSR count). The molecule has 1 aliphatic rings. The number of carbonyl (C=O) groups excluding carboxylic acids is 2. The predicted molar refractivity (Wildman–Crippen MR) is 72.9 cm³/mol. The summed E-state index contributed by atoms with van der Waals surface area (Å²) in [4.78, 5) is 35.5. The summed E-state index contributed by atoms with van der Waals surface area (Å²) in [7, 11) is 0. The third kappa shape index (κ3) is 1.82. The van der Waals surface area contributed by atoms with Crippen LogP contribution >= 0.6 is 0 Å². The Morgan fingerprint density at radius 2 is 1.86 bits per heavy atom. The third-order valence-electron chi connectivity index (χ3n) is 3.37. The number of nitrogen functional groups attached to an aromatic ring is 1. The second kappa shape index (κ2) is 4.27. The quantitative estimate of drug-likeness (QED) is 0.757. The van der Waals surface area contributed by atoms with Crippen LogP contribution < -0.4 is 16.6 Å². The van der Waals surface area contributed by atoms with E-state index in [2.05, 4.69) is 5.32 Å². The molecule has 0 unspecified atom stereocenters. The van der Waals surface area contributed by atoms with E-state index >= 15 is 0 Å². The minimum absolute atomic E-state index is 0.0622. The molecule has 106 valence electrons. The number of hydrogen-bond acceptors (Lipinski definition) is 4. The lowest BCUT2D eigenvalue weighted by Crippen LogP contribution is -2.24. The average molecular weight is 287 g/mol. The molecule has 0 saturated heterocycles. The van der Waals surface area contributed by atoms with Crippen molar-refractivity contribution >= 4 is 17.6 Å². The SMILES string of the molecule is Cc1ccc(F)cc1-n1c(N)c2c(cc1=O)C(=O)NC2=O. The Balaban J connectivity index is 2.38. The maximum atomic E-state index is 13.4. The minimum Gasteiger partial charge on any atom is -0.384 e.